The molecular formula is C15H15ClN2O2. The molecule has 2 N–H and O–H groups in total. The minimum Gasteiger partial charge on any atom is -0.387 e. The van der Waals surface area contributed by atoms with Crippen LogP contribution in [-0.4, -0.2) is 22.5 Å². The number of carbonyl (C=O) groups is 1. The second kappa shape index (κ2) is 6.50. The number of pyridine rings is 1. The number of amides is 1. The van der Waals surface area contributed by atoms with Gasteiger partial charge in [-0.25, -0.2) is 0 Å². The summed E-state index contributed by atoms with van der Waals surface area (Å²) in [5, 5.41) is 13.2. The third-order valence-corrected chi connectivity index (χ3v) is 3.10. The number of aryl methyl sites for hydroxylation is 1. The zero-order valence-corrected chi connectivity index (χ0v) is 11.8. The molecule has 0 unspecified atom stereocenters. The highest BCUT2D eigenvalue weighted by Crippen LogP contribution is 2.17. The molecule has 2 aromatic rings. The van der Waals surface area contributed by atoms with E-state index in [1.807, 2.05) is 6.92 Å². The van der Waals surface area contributed by atoms with Gasteiger partial charge in [0, 0.05) is 23.5 Å². The first kappa shape index (κ1) is 14.5. The van der Waals surface area contributed by atoms with Crippen LogP contribution in [0.25, 0.3) is 0 Å². The maximum Gasteiger partial charge on any atom is 0.252 e. The van der Waals surface area contributed by atoms with Crippen molar-refractivity contribution in [1.29, 1.82) is 0 Å². The molecule has 0 saturated heterocycles. The normalized spacial score (nSPS) is 11.9. The minimum atomic E-state index is -0.795. The molecule has 20 heavy (non-hydrogen) atoms. The van der Waals surface area contributed by atoms with Gasteiger partial charge in [-0.2, -0.15) is 0 Å². The van der Waals surface area contributed by atoms with Crippen LogP contribution in [0.3, 0.4) is 0 Å². The highest BCUT2D eigenvalue weighted by atomic mass is 35.5. The number of aliphatic hydroxyl groups excluding tert-OH is 1. The summed E-state index contributed by atoms with van der Waals surface area (Å²) in [5.74, 6) is -0.265. The molecule has 0 aliphatic carbocycles. The van der Waals surface area contributed by atoms with E-state index in [1.165, 1.54) is 6.20 Å². The fraction of sp³-hybridized carbons (Fsp3) is 0.200. The Bertz CT molecular complexity index is 599. The molecule has 0 bridgehead atoms. The van der Waals surface area contributed by atoms with Gasteiger partial charge in [-0.3, -0.25) is 9.78 Å². The molecule has 0 aliphatic rings. The second-order valence-corrected chi connectivity index (χ2v) is 4.91. The average molecular weight is 291 g/mol. The third-order valence-electron chi connectivity index (χ3n) is 2.86. The summed E-state index contributed by atoms with van der Waals surface area (Å²) in [5.41, 5.74) is 1.98. The number of hydrogen-bond donors (Lipinski definition) is 2. The summed E-state index contributed by atoms with van der Waals surface area (Å²) < 4.78 is 0. The Hall–Kier alpha value is -1.91. The number of aromatic nitrogens is 1. The van der Waals surface area contributed by atoms with E-state index in [-0.39, 0.29) is 12.5 Å². The Morgan fingerprint density at radius 2 is 2.20 bits per heavy atom. The van der Waals surface area contributed by atoms with Crippen molar-refractivity contribution in [2.75, 3.05) is 6.54 Å². The quantitative estimate of drug-likeness (QED) is 0.909. The largest absolute Gasteiger partial charge is 0.387 e. The lowest BCUT2D eigenvalue weighted by atomic mass is 10.1. The van der Waals surface area contributed by atoms with E-state index in [0.29, 0.717) is 16.1 Å². The van der Waals surface area contributed by atoms with E-state index in [4.69, 9.17) is 11.6 Å². The third kappa shape index (κ3) is 3.79. The number of nitrogens with zero attached hydrogens (tertiary/aromatic N) is 1. The Labute approximate surface area is 122 Å². The molecule has 104 valence electrons. The van der Waals surface area contributed by atoms with Crippen molar-refractivity contribution in [3.63, 3.8) is 0 Å². The van der Waals surface area contributed by atoms with Gasteiger partial charge in [0.05, 0.1) is 11.7 Å². The van der Waals surface area contributed by atoms with E-state index in [1.54, 1.807) is 36.4 Å². The Morgan fingerprint density at radius 1 is 1.40 bits per heavy atom. The number of hydrogen-bond acceptors (Lipinski definition) is 3. The fourth-order valence-electron chi connectivity index (χ4n) is 1.73. The molecular weight excluding hydrogens is 276 g/mol. The Kier molecular flexibility index (Phi) is 4.71. The number of rotatable bonds is 4. The van der Waals surface area contributed by atoms with Gasteiger partial charge >= 0.3 is 0 Å². The summed E-state index contributed by atoms with van der Waals surface area (Å²) >= 11 is 5.86. The first-order valence-corrected chi connectivity index (χ1v) is 6.58. The van der Waals surface area contributed by atoms with Crippen molar-refractivity contribution < 1.29 is 9.90 Å². The topological polar surface area (TPSA) is 62.2 Å². The number of benzene rings is 1. The molecule has 1 aromatic carbocycles. The van der Waals surface area contributed by atoms with Crippen LogP contribution in [0.4, 0.5) is 0 Å². The molecule has 0 saturated carbocycles. The highest BCUT2D eigenvalue weighted by molar-refractivity contribution is 6.30. The predicted octanol–water partition coefficient (Wildman–Crippen LogP) is 2.51. The summed E-state index contributed by atoms with van der Waals surface area (Å²) in [7, 11) is 0. The first-order chi connectivity index (χ1) is 9.56. The SMILES string of the molecule is Cc1ccc(C(=O)NC[C@H](O)c2cccc(Cl)c2)cn1. The zero-order chi connectivity index (χ0) is 14.5. The van der Waals surface area contributed by atoms with Crippen LogP contribution in [0.15, 0.2) is 42.6 Å². The summed E-state index contributed by atoms with van der Waals surface area (Å²) in [4.78, 5) is 15.9. The molecule has 1 amide bonds. The molecule has 0 spiro atoms. The van der Waals surface area contributed by atoms with Crippen molar-refractivity contribution in [1.82, 2.24) is 10.3 Å². The van der Waals surface area contributed by atoms with E-state index in [9.17, 15) is 9.90 Å². The van der Waals surface area contributed by atoms with Crippen LogP contribution in [0.1, 0.15) is 27.7 Å². The van der Waals surface area contributed by atoms with Crippen LogP contribution >= 0.6 is 11.6 Å². The van der Waals surface area contributed by atoms with Crippen LogP contribution in [0.2, 0.25) is 5.02 Å². The lowest BCUT2D eigenvalue weighted by Crippen LogP contribution is -2.28. The molecule has 1 heterocycles. The van der Waals surface area contributed by atoms with Gasteiger partial charge in [0.15, 0.2) is 0 Å². The van der Waals surface area contributed by atoms with E-state index < -0.39 is 6.10 Å². The standard InChI is InChI=1S/C15H15ClN2O2/c1-10-5-6-12(8-17-10)15(20)18-9-14(19)11-3-2-4-13(16)7-11/h2-8,14,19H,9H2,1H3,(H,18,20)/t14-/m0/s1. The van der Waals surface area contributed by atoms with Gasteiger partial charge in [-0.05, 0) is 36.8 Å². The number of aliphatic hydroxyl groups is 1. The predicted molar refractivity (Wildman–Crippen MR) is 77.7 cm³/mol. The molecule has 0 radical (unpaired) electrons. The molecule has 0 aliphatic heterocycles. The molecule has 5 heteroatoms. The van der Waals surface area contributed by atoms with Crippen molar-refractivity contribution in [3.8, 4) is 0 Å². The van der Waals surface area contributed by atoms with Gasteiger partial charge in [0.25, 0.3) is 5.91 Å². The molecule has 2 rings (SSSR count). The van der Waals surface area contributed by atoms with Gasteiger partial charge in [-0.15, -0.1) is 0 Å². The van der Waals surface area contributed by atoms with Crippen LogP contribution < -0.4 is 5.32 Å². The van der Waals surface area contributed by atoms with Gasteiger partial charge < -0.3 is 10.4 Å². The van der Waals surface area contributed by atoms with Crippen molar-refractivity contribution >= 4 is 17.5 Å². The van der Waals surface area contributed by atoms with Crippen LogP contribution in [0, 0.1) is 6.92 Å². The van der Waals surface area contributed by atoms with E-state index in [2.05, 4.69) is 10.3 Å². The number of carbonyl (C=O) groups excluding carboxylic acids is 1. The van der Waals surface area contributed by atoms with Crippen molar-refractivity contribution in [2.24, 2.45) is 0 Å². The van der Waals surface area contributed by atoms with E-state index in [0.717, 1.165) is 5.69 Å². The summed E-state index contributed by atoms with van der Waals surface area (Å²) in [6.45, 7) is 1.97. The fourth-order valence-corrected chi connectivity index (χ4v) is 1.92. The lowest BCUT2D eigenvalue weighted by molar-refractivity contribution is 0.0916. The van der Waals surface area contributed by atoms with Gasteiger partial charge in [-0.1, -0.05) is 23.7 Å². The molecule has 4 nitrogen and oxygen atoms in total. The van der Waals surface area contributed by atoms with Gasteiger partial charge in [0.2, 0.25) is 0 Å². The average Bonchev–Trinajstić information content (AvgIpc) is 2.45. The summed E-state index contributed by atoms with van der Waals surface area (Å²) in [6.07, 6.45) is 0.715. The van der Waals surface area contributed by atoms with E-state index >= 15 is 0 Å². The molecule has 0 fully saturated rings. The zero-order valence-electron chi connectivity index (χ0n) is 11.0. The first-order valence-electron chi connectivity index (χ1n) is 6.20. The second-order valence-electron chi connectivity index (χ2n) is 4.47. The van der Waals surface area contributed by atoms with Crippen LogP contribution in [0.5, 0.6) is 0 Å². The minimum absolute atomic E-state index is 0.118. The van der Waals surface area contributed by atoms with Crippen LogP contribution in [-0.2, 0) is 0 Å². The van der Waals surface area contributed by atoms with Crippen molar-refractivity contribution in [2.45, 2.75) is 13.0 Å². The maximum absolute atomic E-state index is 11.9. The number of nitrogens with one attached hydrogen (secondary N) is 1. The lowest BCUT2D eigenvalue weighted by Gasteiger charge is -2.12. The number of halogens is 1. The Balaban J connectivity index is 1.94. The molecule has 1 atom stereocenters. The highest BCUT2D eigenvalue weighted by Gasteiger charge is 2.11. The van der Waals surface area contributed by atoms with Gasteiger partial charge in [0.1, 0.15) is 0 Å². The van der Waals surface area contributed by atoms with Crippen molar-refractivity contribution in [3.05, 3.63) is 64.4 Å². The molecule has 1 aromatic heterocycles. The maximum atomic E-state index is 11.9. The summed E-state index contributed by atoms with van der Waals surface area (Å²) in [6, 6.07) is 10.4. The smallest absolute Gasteiger partial charge is 0.252 e. The monoisotopic (exact) mass is 290 g/mol. The Morgan fingerprint density at radius 3 is 2.85 bits per heavy atom.